The molecule has 0 bridgehead atoms. The maximum Gasteiger partial charge on any atom is 0.0753 e. The molecule has 1 heteroatoms. The van der Waals surface area contributed by atoms with Gasteiger partial charge in [-0.15, -0.1) is 0 Å². The fourth-order valence-electron chi connectivity index (χ4n) is 2.68. The van der Waals surface area contributed by atoms with Crippen molar-refractivity contribution in [3.8, 4) is 0 Å². The first-order valence-corrected chi connectivity index (χ1v) is 6.55. The van der Waals surface area contributed by atoms with Crippen LogP contribution in [0.15, 0.2) is 66.2 Å². The first kappa shape index (κ1) is 11.9. The van der Waals surface area contributed by atoms with Gasteiger partial charge < -0.3 is 0 Å². The molecular formula is C18H17N. The molecule has 0 radical (unpaired) electrons. The summed E-state index contributed by atoms with van der Waals surface area (Å²) >= 11 is 0. The van der Waals surface area contributed by atoms with E-state index in [4.69, 9.17) is 4.99 Å². The van der Waals surface area contributed by atoms with Gasteiger partial charge in [0.25, 0.3) is 0 Å². The van der Waals surface area contributed by atoms with E-state index in [2.05, 4.69) is 62.9 Å². The first-order chi connectivity index (χ1) is 9.14. The van der Waals surface area contributed by atoms with Crippen LogP contribution in [-0.4, -0.2) is 5.71 Å². The van der Waals surface area contributed by atoms with Gasteiger partial charge in [-0.25, -0.2) is 0 Å². The summed E-state index contributed by atoms with van der Waals surface area (Å²) in [5.41, 5.74) is 3.47. The Morgan fingerprint density at radius 2 is 1.89 bits per heavy atom. The van der Waals surface area contributed by atoms with E-state index in [1.807, 2.05) is 6.08 Å². The van der Waals surface area contributed by atoms with E-state index in [0.29, 0.717) is 0 Å². The molecule has 0 unspecified atom stereocenters. The Bertz CT molecular complexity index is 718. The van der Waals surface area contributed by atoms with Crippen molar-refractivity contribution in [3.05, 3.63) is 66.8 Å². The maximum absolute atomic E-state index is 4.85. The van der Waals surface area contributed by atoms with Gasteiger partial charge in [-0.2, -0.15) is 0 Å². The van der Waals surface area contributed by atoms with Crippen LogP contribution in [0.3, 0.4) is 0 Å². The van der Waals surface area contributed by atoms with Gasteiger partial charge in [0.15, 0.2) is 0 Å². The van der Waals surface area contributed by atoms with Crippen LogP contribution >= 0.6 is 0 Å². The van der Waals surface area contributed by atoms with E-state index >= 15 is 0 Å². The molecule has 2 aromatic rings. The molecule has 19 heavy (non-hydrogen) atoms. The molecule has 1 aliphatic heterocycles. The van der Waals surface area contributed by atoms with Gasteiger partial charge in [0, 0.05) is 10.8 Å². The van der Waals surface area contributed by atoms with Crippen LogP contribution in [0.4, 0.5) is 5.69 Å². The van der Waals surface area contributed by atoms with E-state index in [0.717, 1.165) is 11.4 Å². The lowest BCUT2D eigenvalue weighted by Gasteiger charge is -2.20. The standard InChI is InChI=1S/C18H17N/c1-4-5-10-16-18(2,3)15-12-11-13-8-6-7-9-14(13)17(15)19-16/h4-12H,1H2,2-3H3. The van der Waals surface area contributed by atoms with Crippen molar-refractivity contribution >= 4 is 22.2 Å². The number of nitrogens with zero attached hydrogens (tertiary/aromatic N) is 1. The van der Waals surface area contributed by atoms with Crippen molar-refractivity contribution in [1.82, 2.24) is 0 Å². The van der Waals surface area contributed by atoms with Gasteiger partial charge >= 0.3 is 0 Å². The van der Waals surface area contributed by atoms with Gasteiger partial charge in [-0.1, -0.05) is 69.0 Å². The van der Waals surface area contributed by atoms with E-state index in [9.17, 15) is 0 Å². The molecule has 1 aliphatic rings. The van der Waals surface area contributed by atoms with Gasteiger partial charge in [0.1, 0.15) is 0 Å². The normalized spacial score (nSPS) is 16.6. The second-order valence-corrected chi connectivity index (χ2v) is 5.40. The second-order valence-electron chi connectivity index (χ2n) is 5.40. The lowest BCUT2D eigenvalue weighted by molar-refractivity contribution is 0.740. The first-order valence-electron chi connectivity index (χ1n) is 6.55. The van der Waals surface area contributed by atoms with Crippen LogP contribution in [-0.2, 0) is 5.41 Å². The van der Waals surface area contributed by atoms with Crippen LogP contribution in [0.2, 0.25) is 0 Å². The molecule has 0 atom stereocenters. The largest absolute Gasteiger partial charge is 0.252 e. The predicted octanol–water partition coefficient (Wildman–Crippen LogP) is 4.95. The smallest absolute Gasteiger partial charge is 0.0753 e. The van der Waals surface area contributed by atoms with Crippen molar-refractivity contribution in [2.75, 3.05) is 0 Å². The molecule has 2 aromatic carbocycles. The minimum Gasteiger partial charge on any atom is -0.252 e. The summed E-state index contributed by atoms with van der Waals surface area (Å²) in [7, 11) is 0. The highest BCUT2D eigenvalue weighted by molar-refractivity contribution is 6.12. The van der Waals surface area contributed by atoms with E-state index in [-0.39, 0.29) is 5.41 Å². The van der Waals surface area contributed by atoms with Crippen LogP contribution < -0.4 is 0 Å². The highest BCUT2D eigenvalue weighted by atomic mass is 14.8. The molecule has 0 aliphatic carbocycles. The quantitative estimate of drug-likeness (QED) is 0.666. The Morgan fingerprint density at radius 1 is 1.11 bits per heavy atom. The number of benzene rings is 2. The summed E-state index contributed by atoms with van der Waals surface area (Å²) in [4.78, 5) is 4.85. The molecule has 0 saturated heterocycles. The zero-order valence-corrected chi connectivity index (χ0v) is 11.4. The van der Waals surface area contributed by atoms with Crippen molar-refractivity contribution in [1.29, 1.82) is 0 Å². The Balaban J connectivity index is 2.28. The van der Waals surface area contributed by atoms with Crippen LogP contribution in [0.1, 0.15) is 19.4 Å². The zero-order valence-electron chi connectivity index (χ0n) is 11.4. The zero-order chi connectivity index (χ0) is 13.5. The fraction of sp³-hybridized carbons (Fsp3) is 0.167. The average Bonchev–Trinajstić information content (AvgIpc) is 2.68. The molecule has 1 nitrogen and oxygen atoms in total. The molecule has 0 amide bonds. The van der Waals surface area contributed by atoms with Gasteiger partial charge in [0.2, 0.25) is 0 Å². The summed E-state index contributed by atoms with van der Waals surface area (Å²) in [6.07, 6.45) is 5.80. The molecule has 1 heterocycles. The minimum atomic E-state index is -0.0428. The van der Waals surface area contributed by atoms with Crippen LogP contribution in [0.25, 0.3) is 10.8 Å². The second kappa shape index (κ2) is 4.20. The molecule has 0 fully saturated rings. The van der Waals surface area contributed by atoms with E-state index in [1.54, 1.807) is 6.08 Å². The predicted molar refractivity (Wildman–Crippen MR) is 83.4 cm³/mol. The molecule has 0 N–H and O–H groups in total. The lowest BCUT2D eigenvalue weighted by atomic mass is 9.80. The fourth-order valence-corrected chi connectivity index (χ4v) is 2.68. The average molecular weight is 247 g/mol. The minimum absolute atomic E-state index is 0.0428. The van der Waals surface area contributed by atoms with Crippen molar-refractivity contribution in [3.63, 3.8) is 0 Å². The van der Waals surface area contributed by atoms with E-state index < -0.39 is 0 Å². The lowest BCUT2D eigenvalue weighted by Crippen LogP contribution is -2.23. The highest BCUT2D eigenvalue weighted by Crippen LogP contribution is 2.44. The molecule has 0 spiro atoms. The molecule has 0 saturated carbocycles. The van der Waals surface area contributed by atoms with E-state index in [1.165, 1.54) is 16.3 Å². The number of allylic oxidation sites excluding steroid dienone is 3. The van der Waals surface area contributed by atoms with Crippen molar-refractivity contribution in [2.24, 2.45) is 4.99 Å². The number of rotatable bonds is 2. The molecule has 0 aromatic heterocycles. The SMILES string of the molecule is C=CC=CC1=Nc2c(ccc3ccccc23)C1(C)C. The molecular weight excluding hydrogens is 230 g/mol. The summed E-state index contributed by atoms with van der Waals surface area (Å²) in [5.74, 6) is 0. The number of aliphatic imine (C=N–C) groups is 1. The van der Waals surface area contributed by atoms with Gasteiger partial charge in [-0.3, -0.25) is 4.99 Å². The Kier molecular flexibility index (Phi) is 2.63. The Hall–Kier alpha value is -2.15. The van der Waals surface area contributed by atoms with Gasteiger partial charge in [0.05, 0.1) is 11.4 Å². The van der Waals surface area contributed by atoms with Gasteiger partial charge in [-0.05, 0) is 17.0 Å². The number of fused-ring (bicyclic) bond motifs is 3. The summed E-state index contributed by atoms with van der Waals surface area (Å²) in [6.45, 7) is 8.17. The maximum atomic E-state index is 4.85. The summed E-state index contributed by atoms with van der Waals surface area (Å²) < 4.78 is 0. The van der Waals surface area contributed by atoms with Crippen molar-refractivity contribution < 1.29 is 0 Å². The topological polar surface area (TPSA) is 12.4 Å². The Labute approximate surface area is 114 Å². The van der Waals surface area contributed by atoms with Crippen LogP contribution in [0.5, 0.6) is 0 Å². The third kappa shape index (κ3) is 1.74. The summed E-state index contributed by atoms with van der Waals surface area (Å²) in [6, 6.07) is 12.8. The third-order valence-corrected chi connectivity index (χ3v) is 3.84. The highest BCUT2D eigenvalue weighted by Gasteiger charge is 2.34. The third-order valence-electron chi connectivity index (χ3n) is 3.84. The summed E-state index contributed by atoms with van der Waals surface area (Å²) in [5, 5.41) is 2.48. The number of hydrogen-bond donors (Lipinski definition) is 0. The monoisotopic (exact) mass is 247 g/mol. The number of hydrogen-bond acceptors (Lipinski definition) is 1. The molecule has 3 rings (SSSR count). The Morgan fingerprint density at radius 3 is 2.68 bits per heavy atom. The van der Waals surface area contributed by atoms with Crippen molar-refractivity contribution in [2.45, 2.75) is 19.3 Å². The van der Waals surface area contributed by atoms with Crippen LogP contribution in [0, 0.1) is 0 Å². The molecule has 94 valence electrons.